The molecule has 5 aliphatic heterocycles. The third-order valence-corrected chi connectivity index (χ3v) is 15.8. The van der Waals surface area contributed by atoms with Crippen LogP contribution in [-0.2, 0) is 76.1 Å². The number of nitrogens with one attached hydrogen (secondary N) is 3. The average Bonchev–Trinajstić information content (AvgIpc) is 0.801. The molecule has 0 unspecified atom stereocenters. The molecule has 514 valence electrons. The van der Waals surface area contributed by atoms with Gasteiger partial charge in [0, 0.05) is 39.7 Å². The highest BCUT2D eigenvalue weighted by Crippen LogP contribution is 2.42. The number of carboxylic acids is 3. The standard InChI is InChI=1S/C51H85N3O35/c1-5-6-7-8-9-80-44-39(72)38(71)36(69)27(85-44)16-81-50(47(76)77)12-26(31(53-20(4)59)43(88-50)35(68)24(63)15-57)86-51(48(78)79)10-21(60)29(41(89-51)33(66)22(61)13-55)54-28(64)17-82-49(46(74)75)11-25(84-45-40(73)37(70)32(65)18(2)83-45)30(52-19(3)58)42(87-49)34(67)23(62)14-56/h18,21-27,29-45,55-57,60-63,65-73H,5-17H2,1-4H3,(H,52,58)(H,53,59)(H,54,64)(H,74,75)(H,76,77)(H,78,79)/t18-,21-,22+,23+,24+,25-,26-,27+,29+,30+,31+,32+,33+,34+,35+,36+,37+,38-,39+,40-,41+,42+,43+,44+,45-,49+,50+,51+/m0/s1. The molecule has 5 rings (SSSR count). The molecule has 0 spiro atoms. The van der Waals surface area contributed by atoms with Crippen molar-refractivity contribution in [3.05, 3.63) is 0 Å². The molecule has 5 saturated heterocycles. The number of hydrogen-bond acceptors (Lipinski definition) is 32. The highest BCUT2D eigenvalue weighted by molar-refractivity contribution is 5.81. The van der Waals surface area contributed by atoms with Crippen LogP contribution in [0, 0.1) is 0 Å². The molecule has 0 aromatic carbocycles. The molecular weight excluding hydrogens is 1210 g/mol. The Kier molecular flexibility index (Phi) is 27.6. The Bertz CT molecular complexity index is 2330. The number of hydrogen-bond donors (Lipinski definition) is 22. The third kappa shape index (κ3) is 17.7. The lowest BCUT2D eigenvalue weighted by Crippen LogP contribution is -2.72. The van der Waals surface area contributed by atoms with Gasteiger partial charge in [0.15, 0.2) is 12.6 Å². The molecular formula is C51H85N3O35. The third-order valence-electron chi connectivity index (χ3n) is 15.8. The number of aliphatic hydroxyl groups is 16. The van der Waals surface area contributed by atoms with Gasteiger partial charge in [-0.1, -0.05) is 26.2 Å². The van der Waals surface area contributed by atoms with Gasteiger partial charge in [-0.05, 0) is 13.3 Å². The molecule has 5 aliphatic rings. The van der Waals surface area contributed by atoms with Crippen LogP contribution in [0.4, 0.5) is 0 Å². The average molecular weight is 1300 g/mol. The fourth-order valence-corrected chi connectivity index (χ4v) is 10.9. The molecule has 5 fully saturated rings. The molecule has 28 atom stereocenters. The maximum Gasteiger partial charge on any atom is 0.364 e. The summed E-state index contributed by atoms with van der Waals surface area (Å²) in [6.07, 6.45) is -47.4. The van der Waals surface area contributed by atoms with Crippen molar-refractivity contribution >= 4 is 35.6 Å². The fourth-order valence-electron chi connectivity index (χ4n) is 10.9. The zero-order chi connectivity index (χ0) is 66.8. The number of carbonyl (C=O) groups is 6. The van der Waals surface area contributed by atoms with Gasteiger partial charge in [0.1, 0.15) is 104 Å². The lowest BCUT2D eigenvalue weighted by molar-refractivity contribution is -0.365. The summed E-state index contributed by atoms with van der Waals surface area (Å²) in [5.41, 5.74) is 0. The first-order valence-corrected chi connectivity index (χ1v) is 28.5. The van der Waals surface area contributed by atoms with E-state index in [1.54, 1.807) is 0 Å². The molecule has 0 aromatic heterocycles. The first-order valence-electron chi connectivity index (χ1n) is 28.5. The summed E-state index contributed by atoms with van der Waals surface area (Å²) in [7, 11) is 0. The molecule has 22 N–H and O–H groups in total. The van der Waals surface area contributed by atoms with Crippen molar-refractivity contribution in [2.24, 2.45) is 0 Å². The Morgan fingerprint density at radius 1 is 0.539 bits per heavy atom. The summed E-state index contributed by atoms with van der Waals surface area (Å²) in [4.78, 5) is 80.0. The molecule has 38 heteroatoms. The van der Waals surface area contributed by atoms with Crippen LogP contribution >= 0.6 is 0 Å². The van der Waals surface area contributed by atoms with E-state index in [1.807, 2.05) is 6.92 Å². The number of amides is 3. The van der Waals surface area contributed by atoms with Gasteiger partial charge in [0.05, 0.1) is 69.0 Å². The Hall–Kier alpha value is -4.22. The van der Waals surface area contributed by atoms with E-state index < -0.39 is 258 Å². The van der Waals surface area contributed by atoms with Crippen molar-refractivity contribution in [3.63, 3.8) is 0 Å². The maximum atomic E-state index is 14.0. The van der Waals surface area contributed by atoms with Crippen molar-refractivity contribution in [1.29, 1.82) is 0 Å². The Labute approximate surface area is 506 Å². The maximum absolute atomic E-state index is 14.0. The molecule has 0 aliphatic carbocycles. The molecule has 38 nitrogen and oxygen atoms in total. The lowest BCUT2D eigenvalue weighted by atomic mass is 9.86. The molecule has 0 saturated carbocycles. The molecule has 0 bridgehead atoms. The minimum atomic E-state index is -3.50. The van der Waals surface area contributed by atoms with Crippen molar-refractivity contribution in [2.75, 3.05) is 39.6 Å². The fraction of sp³-hybridized carbons (Fsp3) is 0.882. The molecule has 0 aromatic rings. The van der Waals surface area contributed by atoms with E-state index in [0.29, 0.717) is 12.8 Å². The topological polar surface area (TPSA) is 615 Å². The normalized spacial score (nSPS) is 39.7. The van der Waals surface area contributed by atoms with E-state index in [2.05, 4.69) is 16.0 Å². The molecule has 5 heterocycles. The van der Waals surface area contributed by atoms with Gasteiger partial charge < -0.3 is 160 Å². The van der Waals surface area contributed by atoms with Crippen LogP contribution in [0.15, 0.2) is 0 Å². The van der Waals surface area contributed by atoms with E-state index >= 15 is 0 Å². The number of unbranched alkanes of at least 4 members (excludes halogenated alkanes) is 3. The zero-order valence-electron chi connectivity index (χ0n) is 48.7. The minimum absolute atomic E-state index is 0.0143. The molecule has 89 heavy (non-hydrogen) atoms. The van der Waals surface area contributed by atoms with Crippen LogP contribution in [-0.4, -0.2) is 342 Å². The number of aliphatic hydroxyl groups excluding tert-OH is 16. The van der Waals surface area contributed by atoms with Gasteiger partial charge >= 0.3 is 17.9 Å². The smallest absolute Gasteiger partial charge is 0.364 e. The van der Waals surface area contributed by atoms with Crippen LogP contribution < -0.4 is 16.0 Å². The summed E-state index contributed by atoms with van der Waals surface area (Å²) < 4.78 is 57.2. The van der Waals surface area contributed by atoms with E-state index in [1.165, 1.54) is 6.92 Å². The number of ether oxygens (including phenoxy) is 10. The first kappa shape index (κ1) is 75.5. The molecule has 3 amide bonds. The van der Waals surface area contributed by atoms with Crippen LogP contribution in [0.25, 0.3) is 0 Å². The van der Waals surface area contributed by atoms with Gasteiger partial charge in [0.25, 0.3) is 17.4 Å². The van der Waals surface area contributed by atoms with Crippen LogP contribution in [0.3, 0.4) is 0 Å². The summed E-state index contributed by atoms with van der Waals surface area (Å²) >= 11 is 0. The monoisotopic (exact) mass is 1300 g/mol. The Morgan fingerprint density at radius 2 is 1.00 bits per heavy atom. The van der Waals surface area contributed by atoms with E-state index in [9.17, 15) is 126 Å². The van der Waals surface area contributed by atoms with Gasteiger partial charge in [-0.25, -0.2) is 14.4 Å². The second-order valence-electron chi connectivity index (χ2n) is 22.4. The Balaban J connectivity index is 1.50. The van der Waals surface area contributed by atoms with Gasteiger partial charge in [-0.3, -0.25) is 14.4 Å². The van der Waals surface area contributed by atoms with E-state index in [-0.39, 0.29) is 6.61 Å². The summed E-state index contributed by atoms with van der Waals surface area (Å²) in [6.45, 7) is -1.54. The van der Waals surface area contributed by atoms with Gasteiger partial charge in [-0.2, -0.15) is 0 Å². The lowest BCUT2D eigenvalue weighted by Gasteiger charge is -2.52. The second-order valence-corrected chi connectivity index (χ2v) is 22.4. The van der Waals surface area contributed by atoms with Crippen LogP contribution in [0.5, 0.6) is 0 Å². The van der Waals surface area contributed by atoms with E-state index in [0.717, 1.165) is 26.7 Å². The predicted octanol–water partition coefficient (Wildman–Crippen LogP) is -11.3. The van der Waals surface area contributed by atoms with E-state index in [4.69, 9.17) is 47.4 Å². The van der Waals surface area contributed by atoms with Crippen LogP contribution in [0.1, 0.15) is 72.6 Å². The molecule has 0 radical (unpaired) electrons. The number of rotatable bonds is 31. The summed E-state index contributed by atoms with van der Waals surface area (Å²) in [5.74, 6) is -20.1. The Morgan fingerprint density at radius 3 is 1.49 bits per heavy atom. The number of carboxylic acid groups (broad SMARTS) is 3. The highest BCUT2D eigenvalue weighted by Gasteiger charge is 2.64. The highest BCUT2D eigenvalue weighted by atomic mass is 16.8. The van der Waals surface area contributed by atoms with Crippen molar-refractivity contribution < 1.29 is 173 Å². The summed E-state index contributed by atoms with van der Waals surface area (Å²) in [5, 5.41) is 211. The number of carbonyl (C=O) groups excluding carboxylic acids is 3. The quantitative estimate of drug-likeness (QED) is 0.0287. The number of aliphatic carboxylic acids is 3. The van der Waals surface area contributed by atoms with Crippen LogP contribution in [0.2, 0.25) is 0 Å². The SMILES string of the molecule is CCCCCCO[C@@H]1O[C@H](CO[C@]2(C(=O)O)C[C@H](O[C@]3(C(=O)O)C[C@H](O)[C@@H](NC(=O)CO[C@]4(C(=O)O)C[C@H](O[C@@H]5O[C@@H](C)[C@@H](O)[C@@H](O)[C@@H]5O)[C@@H](NC(C)=O)[C@H]([C@H](O)[C@H](O)CO)O4)[C@H]([C@H](O)[C@H](O)CO)O3)[C@@H](NC(C)=O)[C@H]([C@H](O)[C@H](O)CO)O2)[C@@H](O)[C@H](O)[C@H]1O. The predicted molar refractivity (Wildman–Crippen MR) is 281 cm³/mol. The van der Waals surface area contributed by atoms with Crippen molar-refractivity contribution in [2.45, 2.75) is 243 Å². The minimum Gasteiger partial charge on any atom is -0.477 e. The first-order chi connectivity index (χ1) is 41.7. The summed E-state index contributed by atoms with van der Waals surface area (Å²) in [6, 6.07) is -6.05. The van der Waals surface area contributed by atoms with Gasteiger partial charge in [0.2, 0.25) is 17.7 Å². The zero-order valence-corrected chi connectivity index (χ0v) is 48.7. The second kappa shape index (κ2) is 32.6. The van der Waals surface area contributed by atoms with Crippen molar-refractivity contribution in [3.8, 4) is 0 Å². The van der Waals surface area contributed by atoms with Gasteiger partial charge in [-0.15, -0.1) is 0 Å². The largest absolute Gasteiger partial charge is 0.477 e. The van der Waals surface area contributed by atoms with Crippen molar-refractivity contribution in [1.82, 2.24) is 16.0 Å².